The first-order valence-corrected chi connectivity index (χ1v) is 15.8. The summed E-state index contributed by atoms with van der Waals surface area (Å²) >= 11 is 0. The molecule has 0 radical (unpaired) electrons. The lowest BCUT2D eigenvalue weighted by Crippen LogP contribution is -2.43. The van der Waals surface area contributed by atoms with Crippen molar-refractivity contribution in [2.45, 2.75) is 78.8 Å². The van der Waals surface area contributed by atoms with Crippen LogP contribution in [0.3, 0.4) is 0 Å². The highest BCUT2D eigenvalue weighted by atomic mass is 31.2. The average molecular weight is 670 g/mol. The van der Waals surface area contributed by atoms with Gasteiger partial charge in [0.2, 0.25) is 19.2 Å². The normalized spacial score (nSPS) is 22.8. The van der Waals surface area contributed by atoms with Crippen LogP contribution in [0.15, 0.2) is 18.5 Å². The summed E-state index contributed by atoms with van der Waals surface area (Å²) in [7, 11) is -4.71. The minimum absolute atomic E-state index is 0.0285. The lowest BCUT2D eigenvalue weighted by atomic mass is 9.92. The summed E-state index contributed by atoms with van der Waals surface area (Å²) < 4.78 is 52.2. The molecule has 46 heavy (non-hydrogen) atoms. The number of phosphoric ester groups is 1. The molecule has 5 unspecified atom stereocenters. The summed E-state index contributed by atoms with van der Waals surface area (Å²) in [5, 5.41) is 26.0. The largest absolute Gasteiger partial charge is 0.480 e. The highest BCUT2D eigenvalue weighted by Gasteiger charge is 2.60. The second-order valence-corrected chi connectivity index (χ2v) is 13.9. The summed E-state index contributed by atoms with van der Waals surface area (Å²) in [5.74, 6) is -2.62. The fourth-order valence-corrected chi connectivity index (χ4v) is 5.08. The van der Waals surface area contributed by atoms with E-state index in [0.717, 1.165) is 6.33 Å². The second-order valence-electron chi connectivity index (χ2n) is 12.2. The number of rotatable bonds is 14. The number of esters is 3. The number of carbonyl (C=O) groups is 3. The maximum absolute atomic E-state index is 13.6. The van der Waals surface area contributed by atoms with Gasteiger partial charge in [0.25, 0.3) is 0 Å². The first kappa shape index (κ1) is 36.8. The van der Waals surface area contributed by atoms with Crippen LogP contribution < -0.4 is 5.73 Å². The summed E-state index contributed by atoms with van der Waals surface area (Å²) in [6, 6.07) is 4.89. The quantitative estimate of drug-likeness (QED) is 0.127. The topological polar surface area (TPSA) is 233 Å². The van der Waals surface area contributed by atoms with E-state index in [-0.39, 0.29) is 23.9 Å². The highest BCUT2D eigenvalue weighted by Crippen LogP contribution is 2.51. The number of nitriles is 1. The monoisotopic (exact) mass is 669 g/mol. The van der Waals surface area contributed by atoms with Gasteiger partial charge in [-0.05, 0) is 38.8 Å². The molecule has 18 heteroatoms. The van der Waals surface area contributed by atoms with Crippen molar-refractivity contribution in [3.63, 3.8) is 0 Å². The van der Waals surface area contributed by atoms with Crippen LogP contribution in [0.25, 0.3) is 5.52 Å². The number of aliphatic hydroxyl groups is 1. The molecule has 254 valence electrons. The van der Waals surface area contributed by atoms with Crippen LogP contribution in [0.5, 0.6) is 0 Å². The first-order chi connectivity index (χ1) is 21.4. The van der Waals surface area contributed by atoms with E-state index in [1.54, 1.807) is 48.5 Å². The van der Waals surface area contributed by atoms with Crippen LogP contribution >= 0.6 is 7.82 Å². The lowest BCUT2D eigenvalue weighted by molar-refractivity contribution is -0.162. The Morgan fingerprint density at radius 1 is 1.15 bits per heavy atom. The maximum atomic E-state index is 13.6. The number of hydrogen-bond acceptors (Lipinski definition) is 16. The third-order valence-corrected chi connectivity index (χ3v) is 7.90. The van der Waals surface area contributed by atoms with Gasteiger partial charge in [-0.2, -0.15) is 10.4 Å². The molecule has 0 aromatic carbocycles. The molecule has 0 amide bonds. The van der Waals surface area contributed by atoms with Crippen LogP contribution in [0.1, 0.15) is 60.6 Å². The Labute approximate surface area is 265 Å². The fourth-order valence-electron chi connectivity index (χ4n) is 4.16. The predicted molar refractivity (Wildman–Crippen MR) is 157 cm³/mol. The van der Waals surface area contributed by atoms with E-state index in [1.165, 1.54) is 16.6 Å². The molecule has 1 saturated heterocycles. The zero-order valence-corrected chi connectivity index (χ0v) is 27.6. The minimum atomic E-state index is -4.71. The van der Waals surface area contributed by atoms with Crippen molar-refractivity contribution in [3.05, 3.63) is 24.2 Å². The minimum Gasteiger partial charge on any atom is -0.457 e. The number of nitrogens with zero attached hydrogens (tertiary/aromatic N) is 4. The van der Waals surface area contributed by atoms with Crippen molar-refractivity contribution < 1.29 is 56.6 Å². The highest BCUT2D eigenvalue weighted by molar-refractivity contribution is 7.48. The predicted octanol–water partition coefficient (Wildman–Crippen LogP) is 2.61. The van der Waals surface area contributed by atoms with Gasteiger partial charge in [-0.3, -0.25) is 18.9 Å². The van der Waals surface area contributed by atoms with Crippen LogP contribution in [-0.4, -0.2) is 76.1 Å². The molecule has 3 heterocycles. The van der Waals surface area contributed by atoms with E-state index in [1.807, 2.05) is 6.07 Å². The zero-order valence-electron chi connectivity index (χ0n) is 26.7. The van der Waals surface area contributed by atoms with E-state index in [4.69, 9.17) is 38.3 Å². The smallest absolute Gasteiger partial charge is 0.457 e. The maximum Gasteiger partial charge on any atom is 0.480 e. The van der Waals surface area contributed by atoms with Crippen molar-refractivity contribution >= 4 is 37.1 Å². The van der Waals surface area contributed by atoms with Crippen molar-refractivity contribution in [1.29, 1.82) is 5.26 Å². The fraction of sp³-hybridized carbons (Fsp3) is 0.643. The Kier molecular flexibility index (Phi) is 11.9. The Morgan fingerprint density at radius 2 is 1.80 bits per heavy atom. The molecule has 5 atom stereocenters. The third-order valence-electron chi connectivity index (χ3n) is 6.60. The van der Waals surface area contributed by atoms with E-state index in [9.17, 15) is 29.3 Å². The van der Waals surface area contributed by atoms with Gasteiger partial charge in [-0.25, -0.2) is 23.1 Å². The number of nitrogens with two attached hydrogens (primary N) is 1. The van der Waals surface area contributed by atoms with Gasteiger partial charge < -0.3 is 29.8 Å². The average Bonchev–Trinajstić information content (AvgIpc) is 3.51. The van der Waals surface area contributed by atoms with Crippen LogP contribution in [0, 0.1) is 28.6 Å². The summed E-state index contributed by atoms with van der Waals surface area (Å²) in [6.07, 6.45) is -3.66. The molecule has 1 fully saturated rings. The molecule has 3 rings (SSSR count). The number of fused-ring (bicyclic) bond motifs is 1. The lowest BCUT2D eigenvalue weighted by Gasteiger charge is -2.24. The molecule has 1 aliphatic heterocycles. The van der Waals surface area contributed by atoms with Gasteiger partial charge >= 0.3 is 25.7 Å². The number of phosphoric acid groups is 1. The molecule has 0 spiro atoms. The second kappa shape index (κ2) is 14.8. The Balaban J connectivity index is 1.91. The third kappa shape index (κ3) is 8.58. The van der Waals surface area contributed by atoms with Gasteiger partial charge in [0.1, 0.15) is 30.1 Å². The number of hydrogen-bond donors (Lipinski definition) is 2. The van der Waals surface area contributed by atoms with Crippen LogP contribution in [-0.2, 0) is 57.1 Å². The van der Waals surface area contributed by atoms with Crippen molar-refractivity contribution in [1.82, 2.24) is 14.6 Å². The van der Waals surface area contributed by atoms with Crippen molar-refractivity contribution in [2.24, 2.45) is 17.3 Å². The van der Waals surface area contributed by atoms with Crippen molar-refractivity contribution in [2.75, 3.05) is 25.9 Å². The van der Waals surface area contributed by atoms with Gasteiger partial charge in [-0.15, -0.1) is 0 Å². The first-order valence-electron chi connectivity index (χ1n) is 14.4. The molecular formula is C28H40N5O12P. The Hall–Kier alpha value is -3.65. The van der Waals surface area contributed by atoms with Crippen LogP contribution in [0.4, 0.5) is 5.82 Å². The number of aliphatic hydroxyl groups excluding tert-OH is 1. The molecule has 2 aromatic rings. The SMILES string of the molecule is CC(C)CC(=O)OC1C(COP(=O)(OCOC(=O)C(C)C)OCOC(=O)C(C)(C)C)OC(C#N)(c2ccc3c(N)ncnn23)C1O. The molecule has 0 aliphatic carbocycles. The molecule has 2 aromatic heterocycles. The number of aromatic nitrogens is 3. The molecular weight excluding hydrogens is 629 g/mol. The molecule has 3 N–H and O–H groups in total. The standard InChI is InChI=1S/C28H40N5O12P/c1-16(2)10-21(34)44-22-19(45-28(12-29,23(22)35)20-9-8-18-24(30)31-13-32-33(18)20)11-41-46(38,42-14-39-25(36)17(3)4)43-15-40-26(37)27(5,6)7/h8-9,13,16-17,19,22-23,35H,10-11,14-15H2,1-7H3,(H2,30,31,32). The van der Waals surface area contributed by atoms with Gasteiger partial charge in [-0.1, -0.05) is 27.7 Å². The van der Waals surface area contributed by atoms with Crippen molar-refractivity contribution in [3.8, 4) is 6.07 Å². The summed E-state index contributed by atoms with van der Waals surface area (Å²) in [4.78, 5) is 40.8. The molecule has 0 bridgehead atoms. The summed E-state index contributed by atoms with van der Waals surface area (Å²) in [6.45, 7) is 9.00. The van der Waals surface area contributed by atoms with E-state index in [0.29, 0.717) is 5.52 Å². The number of nitrogen functional groups attached to an aromatic ring is 1. The molecule has 0 saturated carbocycles. The van der Waals surface area contributed by atoms with E-state index < -0.39 is 81.2 Å². The Morgan fingerprint density at radius 3 is 2.39 bits per heavy atom. The van der Waals surface area contributed by atoms with Gasteiger partial charge in [0.15, 0.2) is 11.9 Å². The van der Waals surface area contributed by atoms with Gasteiger partial charge in [0.05, 0.1) is 23.6 Å². The van der Waals surface area contributed by atoms with E-state index >= 15 is 0 Å². The summed E-state index contributed by atoms with van der Waals surface area (Å²) in [5.41, 5.74) is 3.17. The number of ether oxygens (including phenoxy) is 4. The molecule has 17 nitrogen and oxygen atoms in total. The van der Waals surface area contributed by atoms with Gasteiger partial charge in [0, 0.05) is 6.42 Å². The zero-order chi connectivity index (χ0) is 34.4. The molecule has 1 aliphatic rings. The number of anilines is 1. The number of carbonyl (C=O) groups excluding carboxylic acids is 3. The van der Waals surface area contributed by atoms with E-state index in [2.05, 4.69) is 10.1 Å². The van der Waals surface area contributed by atoms with Crippen LogP contribution in [0.2, 0.25) is 0 Å². The Bertz CT molecular complexity index is 1500.